The molecule has 6 nitrogen and oxygen atoms in total. The average molecular weight is 327 g/mol. The van der Waals surface area contributed by atoms with Crippen LogP contribution in [-0.2, 0) is 0 Å². The molecule has 4 fully saturated rings. The minimum absolute atomic E-state index is 0.146. The number of carbonyl (C=O) groups is 1. The van der Waals surface area contributed by atoms with Crippen LogP contribution in [0.2, 0.25) is 0 Å². The first-order chi connectivity index (χ1) is 11.7. The third-order valence-corrected chi connectivity index (χ3v) is 6.68. The summed E-state index contributed by atoms with van der Waals surface area (Å²) < 4.78 is 0. The van der Waals surface area contributed by atoms with Crippen molar-refractivity contribution >= 4 is 11.8 Å². The number of fused-ring (bicyclic) bond motifs is 5. The number of rotatable bonds is 2. The van der Waals surface area contributed by atoms with Crippen molar-refractivity contribution in [2.45, 2.75) is 32.2 Å². The molecule has 1 aliphatic heterocycles. The van der Waals surface area contributed by atoms with Gasteiger partial charge in [0.2, 0.25) is 0 Å². The van der Waals surface area contributed by atoms with Crippen molar-refractivity contribution in [2.24, 2.45) is 23.7 Å². The smallest absolute Gasteiger partial charge is 0.317 e. The van der Waals surface area contributed by atoms with Gasteiger partial charge < -0.3 is 15.1 Å². The lowest BCUT2D eigenvalue weighted by molar-refractivity contribution is 0.191. The fraction of sp³-hybridized carbons (Fsp3) is 0.722. The van der Waals surface area contributed by atoms with Crippen molar-refractivity contribution in [3.05, 3.63) is 18.1 Å². The maximum atomic E-state index is 12.6. The van der Waals surface area contributed by atoms with Crippen LogP contribution in [0, 0.1) is 30.6 Å². The predicted molar refractivity (Wildman–Crippen MR) is 90.7 cm³/mol. The molecular formula is C18H25N5O. The highest BCUT2D eigenvalue weighted by Gasteiger charge is 2.65. The summed E-state index contributed by atoms with van der Waals surface area (Å²) >= 11 is 0. The molecule has 0 spiro atoms. The fourth-order valence-corrected chi connectivity index (χ4v) is 5.51. The van der Waals surface area contributed by atoms with Gasteiger partial charge in [0, 0.05) is 38.4 Å². The topological polar surface area (TPSA) is 61.4 Å². The Labute approximate surface area is 142 Å². The third kappa shape index (κ3) is 2.26. The Morgan fingerprint density at radius 2 is 1.88 bits per heavy atom. The van der Waals surface area contributed by atoms with Crippen LogP contribution < -0.4 is 10.2 Å². The van der Waals surface area contributed by atoms with Gasteiger partial charge in [-0.1, -0.05) is 0 Å². The molecule has 0 radical (unpaired) electrons. The molecule has 3 saturated carbocycles. The highest BCUT2D eigenvalue weighted by Crippen LogP contribution is 2.65. The molecule has 2 heterocycles. The van der Waals surface area contributed by atoms with Crippen LogP contribution in [0.3, 0.4) is 0 Å². The number of carbonyl (C=O) groups excluding carboxylic acids is 1. The maximum Gasteiger partial charge on any atom is 0.317 e. The SMILES string of the molecule is Cc1nccc(N2CCN(C(=O)NC3[C@@H]4[C@H]5CC[C@@H](C5)[C@H]34)CC2)n1. The summed E-state index contributed by atoms with van der Waals surface area (Å²) in [7, 11) is 0. The highest BCUT2D eigenvalue weighted by molar-refractivity contribution is 5.75. The van der Waals surface area contributed by atoms with E-state index in [-0.39, 0.29) is 6.03 Å². The molecular weight excluding hydrogens is 302 g/mol. The van der Waals surface area contributed by atoms with Crippen molar-refractivity contribution in [1.82, 2.24) is 20.2 Å². The van der Waals surface area contributed by atoms with Crippen LogP contribution in [0.1, 0.15) is 25.1 Å². The second-order valence-electron chi connectivity index (χ2n) is 7.90. The van der Waals surface area contributed by atoms with E-state index >= 15 is 0 Å². The molecule has 128 valence electrons. The molecule has 3 aliphatic carbocycles. The van der Waals surface area contributed by atoms with E-state index in [0.717, 1.165) is 61.5 Å². The quantitative estimate of drug-likeness (QED) is 0.897. The highest BCUT2D eigenvalue weighted by atomic mass is 16.2. The van der Waals surface area contributed by atoms with Crippen molar-refractivity contribution < 1.29 is 4.79 Å². The van der Waals surface area contributed by atoms with E-state index in [4.69, 9.17) is 0 Å². The van der Waals surface area contributed by atoms with Gasteiger partial charge in [0.25, 0.3) is 0 Å². The number of aromatic nitrogens is 2. The Morgan fingerprint density at radius 1 is 1.17 bits per heavy atom. The van der Waals surface area contributed by atoms with E-state index in [1.54, 1.807) is 6.20 Å². The number of amides is 2. The number of urea groups is 1. The summed E-state index contributed by atoms with van der Waals surface area (Å²) in [5, 5.41) is 3.33. The largest absolute Gasteiger partial charge is 0.353 e. The summed E-state index contributed by atoms with van der Waals surface area (Å²) in [5.74, 6) is 5.18. The van der Waals surface area contributed by atoms with Crippen molar-refractivity contribution in [1.29, 1.82) is 0 Å². The van der Waals surface area contributed by atoms with Crippen molar-refractivity contribution in [3.8, 4) is 0 Å². The van der Waals surface area contributed by atoms with Gasteiger partial charge in [0.1, 0.15) is 11.6 Å². The van der Waals surface area contributed by atoms with Crippen molar-refractivity contribution in [2.75, 3.05) is 31.1 Å². The second-order valence-corrected chi connectivity index (χ2v) is 7.90. The van der Waals surface area contributed by atoms with Crippen LogP contribution in [-0.4, -0.2) is 53.1 Å². The molecule has 0 aromatic carbocycles. The first-order valence-electron chi connectivity index (χ1n) is 9.31. The number of hydrogen-bond acceptors (Lipinski definition) is 4. The summed E-state index contributed by atoms with van der Waals surface area (Å²) in [6, 6.07) is 2.57. The first kappa shape index (κ1) is 14.5. The molecule has 24 heavy (non-hydrogen) atoms. The van der Waals surface area contributed by atoms with Gasteiger partial charge in [-0.15, -0.1) is 0 Å². The summed E-state index contributed by atoms with van der Waals surface area (Å²) in [6.45, 7) is 5.12. The lowest BCUT2D eigenvalue weighted by Crippen LogP contribution is -2.52. The van der Waals surface area contributed by atoms with Gasteiger partial charge in [-0.2, -0.15) is 0 Å². The van der Waals surface area contributed by atoms with E-state index in [9.17, 15) is 4.79 Å². The zero-order valence-corrected chi connectivity index (χ0v) is 14.2. The molecule has 5 atom stereocenters. The molecule has 4 aliphatic rings. The molecule has 5 rings (SSSR count). The lowest BCUT2D eigenvalue weighted by Gasteiger charge is -2.35. The number of piperazine rings is 1. The number of nitrogens with zero attached hydrogens (tertiary/aromatic N) is 4. The lowest BCUT2D eigenvalue weighted by atomic mass is 10.0. The molecule has 1 aromatic rings. The Morgan fingerprint density at radius 3 is 2.54 bits per heavy atom. The van der Waals surface area contributed by atoms with Gasteiger partial charge >= 0.3 is 6.03 Å². The molecule has 1 saturated heterocycles. The van der Waals surface area contributed by atoms with E-state index in [2.05, 4.69) is 20.2 Å². The summed E-state index contributed by atoms with van der Waals surface area (Å²) in [4.78, 5) is 25.4. The number of nitrogens with one attached hydrogen (secondary N) is 1. The van der Waals surface area contributed by atoms with Crippen molar-refractivity contribution in [3.63, 3.8) is 0 Å². The molecule has 6 heteroatoms. The minimum Gasteiger partial charge on any atom is -0.353 e. The minimum atomic E-state index is 0.146. The molecule has 1 unspecified atom stereocenters. The molecule has 2 amide bonds. The number of aryl methyl sites for hydroxylation is 1. The van der Waals surface area contributed by atoms with Crippen LogP contribution >= 0.6 is 0 Å². The van der Waals surface area contributed by atoms with Crippen LogP contribution in [0.15, 0.2) is 12.3 Å². The molecule has 1 aromatic heterocycles. The van der Waals surface area contributed by atoms with Gasteiger partial charge in [-0.3, -0.25) is 0 Å². The van der Waals surface area contributed by atoms with Gasteiger partial charge in [-0.25, -0.2) is 14.8 Å². The maximum absolute atomic E-state index is 12.6. The standard InChI is InChI=1S/C18H25N5O/c1-11-19-5-4-14(20-11)22-6-8-23(9-7-22)18(24)21-17-15-12-2-3-13(10-12)16(15)17/h4-5,12-13,15-17H,2-3,6-10H2,1H3,(H,21,24)/t12-,13-,15-,16+,17?/m0/s1. The molecule has 2 bridgehead atoms. The average Bonchev–Trinajstić information content (AvgIpc) is 2.98. The van der Waals surface area contributed by atoms with Gasteiger partial charge in [-0.05, 0) is 55.9 Å². The van der Waals surface area contributed by atoms with Crippen LogP contribution in [0.4, 0.5) is 10.6 Å². The Bertz CT molecular complexity index is 641. The first-order valence-corrected chi connectivity index (χ1v) is 9.31. The van der Waals surface area contributed by atoms with Crippen LogP contribution in [0.25, 0.3) is 0 Å². The third-order valence-electron chi connectivity index (χ3n) is 6.68. The zero-order valence-electron chi connectivity index (χ0n) is 14.2. The number of hydrogen-bond donors (Lipinski definition) is 1. The number of anilines is 1. The Balaban J connectivity index is 1.15. The van der Waals surface area contributed by atoms with E-state index < -0.39 is 0 Å². The Hall–Kier alpha value is -1.85. The predicted octanol–water partition coefficient (Wildman–Crippen LogP) is 1.66. The normalized spacial score (nSPS) is 36.6. The monoisotopic (exact) mass is 327 g/mol. The fourth-order valence-electron chi connectivity index (χ4n) is 5.51. The van der Waals surface area contributed by atoms with Crippen LogP contribution in [0.5, 0.6) is 0 Å². The summed E-state index contributed by atoms with van der Waals surface area (Å²) in [6.07, 6.45) is 6.03. The molecule has 1 N–H and O–H groups in total. The zero-order chi connectivity index (χ0) is 16.3. The van der Waals surface area contributed by atoms with Gasteiger partial charge in [0.15, 0.2) is 0 Å². The van der Waals surface area contributed by atoms with E-state index in [1.807, 2.05) is 17.9 Å². The Kier molecular flexibility index (Phi) is 3.22. The van der Waals surface area contributed by atoms with E-state index in [0.29, 0.717) is 6.04 Å². The summed E-state index contributed by atoms with van der Waals surface area (Å²) in [5.41, 5.74) is 0. The van der Waals surface area contributed by atoms with E-state index in [1.165, 1.54) is 19.3 Å². The van der Waals surface area contributed by atoms with Gasteiger partial charge in [0.05, 0.1) is 0 Å². The second kappa shape index (κ2) is 5.33.